The van der Waals surface area contributed by atoms with Crippen LogP contribution in [0.4, 0.5) is 8.78 Å². The number of sulfonamides is 1. The van der Waals surface area contributed by atoms with Gasteiger partial charge in [-0.25, -0.2) is 27.2 Å². The molecule has 3 aromatic heterocycles. The van der Waals surface area contributed by atoms with Crippen molar-refractivity contribution in [1.29, 1.82) is 5.26 Å². The molecule has 7 rings (SSSR count). The first kappa shape index (κ1) is 28.1. The van der Waals surface area contributed by atoms with E-state index in [0.29, 0.717) is 78.7 Å². The summed E-state index contributed by atoms with van der Waals surface area (Å²) in [5, 5.41) is 18.0. The Bertz CT molecular complexity index is 1890. The van der Waals surface area contributed by atoms with Gasteiger partial charge in [0.25, 0.3) is 12.3 Å². The summed E-state index contributed by atoms with van der Waals surface area (Å²) in [5.74, 6) is -0.0159. The molecule has 16 heteroatoms. The lowest BCUT2D eigenvalue weighted by atomic mass is 9.90. The van der Waals surface area contributed by atoms with Crippen molar-refractivity contribution in [3.05, 3.63) is 35.2 Å². The molecular formula is C27H26F2N8O4S2. The fraction of sp³-hybridized carbons (Fsp3) is 0.481. The average molecular weight is 629 g/mol. The molecule has 0 radical (unpaired) electrons. The number of piperidine rings is 1. The first-order valence-electron chi connectivity index (χ1n) is 14.0. The number of amides is 1. The van der Waals surface area contributed by atoms with Crippen molar-refractivity contribution in [2.24, 2.45) is 0 Å². The van der Waals surface area contributed by atoms with Gasteiger partial charge in [-0.05, 0) is 50.7 Å². The lowest BCUT2D eigenvalue weighted by molar-refractivity contribution is -0.142. The molecule has 224 valence electrons. The molecule has 12 nitrogen and oxygen atoms in total. The van der Waals surface area contributed by atoms with Crippen LogP contribution in [0.25, 0.3) is 27.1 Å². The minimum absolute atomic E-state index is 0.0122. The summed E-state index contributed by atoms with van der Waals surface area (Å²) in [7, 11) is -4.08. The van der Waals surface area contributed by atoms with Gasteiger partial charge in [-0.1, -0.05) is 17.4 Å². The van der Waals surface area contributed by atoms with E-state index >= 15 is 0 Å². The number of nitrogens with zero attached hydrogens (tertiary/aromatic N) is 7. The van der Waals surface area contributed by atoms with Gasteiger partial charge in [0, 0.05) is 36.4 Å². The molecule has 1 amide bonds. The number of aromatic nitrogens is 5. The number of nitrogens with one attached hydrogen (secondary N) is 1. The summed E-state index contributed by atoms with van der Waals surface area (Å²) >= 11 is 0.688. The Kier molecular flexibility index (Phi) is 6.88. The number of nitriles is 1. The summed E-state index contributed by atoms with van der Waals surface area (Å²) in [6, 6.07) is 6.55. The van der Waals surface area contributed by atoms with Crippen molar-refractivity contribution in [1.82, 2.24) is 34.4 Å². The standard InChI is InChI=1S/C27H26F2N8O4S2/c28-22(29)24-33-34-26(42-24)37-18-12-16(43(39,40)35-27(13-30)7-8-27)3-4-17(18)20-21(31-14-32-23(20)37)15-5-9-36(10-6-15)25(38)19-2-1-11-41-19/h3-4,12,14-15,19,22,35H,1-2,5-11H2/t19-/m1/s1. The van der Waals surface area contributed by atoms with Gasteiger partial charge in [0.15, 0.2) is 10.7 Å². The Hall–Kier alpha value is -3.65. The van der Waals surface area contributed by atoms with Gasteiger partial charge in [-0.2, -0.15) is 9.98 Å². The van der Waals surface area contributed by atoms with E-state index in [4.69, 9.17) is 4.74 Å². The van der Waals surface area contributed by atoms with Gasteiger partial charge in [0.1, 0.15) is 18.0 Å². The molecule has 1 N–H and O–H groups in total. The zero-order valence-electron chi connectivity index (χ0n) is 22.7. The molecule has 2 saturated heterocycles. The third kappa shape index (κ3) is 4.93. The zero-order chi connectivity index (χ0) is 29.9. The number of rotatable bonds is 7. The van der Waals surface area contributed by atoms with Gasteiger partial charge < -0.3 is 9.64 Å². The molecule has 1 aliphatic carbocycles. The van der Waals surface area contributed by atoms with Crippen LogP contribution in [-0.4, -0.2) is 75.3 Å². The number of benzene rings is 1. The smallest absolute Gasteiger partial charge is 0.291 e. The SMILES string of the molecule is N#CC1(NS(=O)(=O)c2ccc3c4c(C5CCN(C(=O)[C@H]6CCCO6)CC5)ncnc4n(-c4nnc(C(F)F)s4)c3c2)CC1. The summed E-state index contributed by atoms with van der Waals surface area (Å²) in [6.45, 7) is 1.67. The van der Waals surface area contributed by atoms with Crippen LogP contribution in [0.2, 0.25) is 0 Å². The number of ether oxygens (including phenoxy) is 1. The lowest BCUT2D eigenvalue weighted by Gasteiger charge is -2.33. The Labute approximate surface area is 248 Å². The van der Waals surface area contributed by atoms with E-state index in [1.807, 2.05) is 11.0 Å². The molecule has 0 spiro atoms. The van der Waals surface area contributed by atoms with E-state index in [-0.39, 0.29) is 28.0 Å². The molecule has 0 bridgehead atoms. The molecule has 2 aliphatic heterocycles. The highest BCUT2D eigenvalue weighted by Crippen LogP contribution is 2.41. The maximum absolute atomic E-state index is 13.5. The van der Waals surface area contributed by atoms with Gasteiger partial charge >= 0.3 is 0 Å². The maximum Gasteiger partial charge on any atom is 0.291 e. The predicted molar refractivity (Wildman–Crippen MR) is 150 cm³/mol. The van der Waals surface area contributed by atoms with Crippen LogP contribution in [0.15, 0.2) is 29.4 Å². The Morgan fingerprint density at radius 3 is 2.63 bits per heavy atom. The van der Waals surface area contributed by atoms with Crippen molar-refractivity contribution in [3.8, 4) is 11.2 Å². The number of alkyl halides is 2. The highest BCUT2D eigenvalue weighted by molar-refractivity contribution is 7.89. The van der Waals surface area contributed by atoms with Crippen molar-refractivity contribution in [3.63, 3.8) is 0 Å². The molecule has 1 saturated carbocycles. The maximum atomic E-state index is 13.5. The first-order chi connectivity index (χ1) is 20.7. The van der Waals surface area contributed by atoms with E-state index in [0.717, 1.165) is 18.5 Å². The number of carbonyl (C=O) groups is 1. The summed E-state index contributed by atoms with van der Waals surface area (Å²) in [4.78, 5) is 23.8. The number of hydrogen-bond acceptors (Lipinski definition) is 10. The second-order valence-corrected chi connectivity index (χ2v) is 13.8. The Balaban J connectivity index is 1.31. The summed E-state index contributed by atoms with van der Waals surface area (Å²) in [6.07, 6.45) is 1.94. The van der Waals surface area contributed by atoms with Crippen LogP contribution in [0.1, 0.15) is 61.6 Å². The normalized spacial score (nSPS) is 20.7. The molecule has 0 unspecified atom stereocenters. The largest absolute Gasteiger partial charge is 0.368 e. The van der Waals surface area contributed by atoms with Crippen LogP contribution in [0.5, 0.6) is 0 Å². The van der Waals surface area contributed by atoms with Crippen molar-refractivity contribution >= 4 is 49.2 Å². The van der Waals surface area contributed by atoms with Crippen molar-refractivity contribution in [2.75, 3.05) is 19.7 Å². The van der Waals surface area contributed by atoms with E-state index in [1.54, 1.807) is 6.07 Å². The van der Waals surface area contributed by atoms with Crippen LogP contribution < -0.4 is 4.72 Å². The molecule has 5 heterocycles. The quantitative estimate of drug-likeness (QED) is 0.323. The predicted octanol–water partition coefficient (Wildman–Crippen LogP) is 3.58. The fourth-order valence-corrected chi connectivity index (χ4v) is 8.05. The minimum Gasteiger partial charge on any atom is -0.368 e. The van der Waals surface area contributed by atoms with Gasteiger partial charge in [0.05, 0.1) is 22.2 Å². The topological polar surface area (TPSA) is 156 Å². The van der Waals surface area contributed by atoms with Crippen LogP contribution in [0, 0.1) is 11.3 Å². The van der Waals surface area contributed by atoms with Gasteiger partial charge in [-0.3, -0.25) is 9.36 Å². The lowest BCUT2D eigenvalue weighted by Crippen LogP contribution is -2.43. The molecule has 3 aliphatic rings. The summed E-state index contributed by atoms with van der Waals surface area (Å²) < 4.78 is 63.1. The van der Waals surface area contributed by atoms with Crippen LogP contribution >= 0.6 is 11.3 Å². The second-order valence-electron chi connectivity index (χ2n) is 11.1. The minimum atomic E-state index is -4.08. The van der Waals surface area contributed by atoms with Crippen LogP contribution in [0.3, 0.4) is 0 Å². The molecular weight excluding hydrogens is 602 g/mol. The average Bonchev–Trinajstić information content (AvgIpc) is 3.39. The van der Waals surface area contributed by atoms with Gasteiger partial charge in [0.2, 0.25) is 15.2 Å². The van der Waals surface area contributed by atoms with E-state index in [2.05, 4.69) is 24.9 Å². The Morgan fingerprint density at radius 2 is 1.98 bits per heavy atom. The first-order valence-corrected chi connectivity index (χ1v) is 16.3. The summed E-state index contributed by atoms with van der Waals surface area (Å²) in [5.41, 5.74) is 0.370. The monoisotopic (exact) mass is 628 g/mol. The third-order valence-corrected chi connectivity index (χ3v) is 10.8. The third-order valence-electron chi connectivity index (χ3n) is 8.36. The fourth-order valence-electron chi connectivity index (χ4n) is 5.94. The number of carbonyl (C=O) groups excluding carboxylic acids is 1. The van der Waals surface area contributed by atoms with E-state index in [9.17, 15) is 27.3 Å². The van der Waals surface area contributed by atoms with Crippen molar-refractivity contribution < 1.29 is 26.7 Å². The number of hydrogen-bond donors (Lipinski definition) is 1. The molecule has 43 heavy (non-hydrogen) atoms. The number of fused-ring (bicyclic) bond motifs is 3. The highest BCUT2D eigenvalue weighted by atomic mass is 32.2. The van der Waals surface area contributed by atoms with Crippen LogP contribution in [-0.2, 0) is 19.6 Å². The molecule has 4 aromatic rings. The molecule has 3 fully saturated rings. The zero-order valence-corrected chi connectivity index (χ0v) is 24.4. The second kappa shape index (κ2) is 10.5. The molecule has 1 atom stereocenters. The van der Waals surface area contributed by atoms with Gasteiger partial charge in [-0.15, -0.1) is 10.2 Å². The Morgan fingerprint density at radius 1 is 1.19 bits per heavy atom. The van der Waals surface area contributed by atoms with E-state index in [1.165, 1.54) is 23.0 Å². The molecule has 1 aromatic carbocycles. The van der Waals surface area contributed by atoms with Crippen molar-refractivity contribution in [2.45, 2.75) is 67.4 Å². The number of likely N-dealkylation sites (tertiary alicyclic amines) is 1. The van der Waals surface area contributed by atoms with E-state index < -0.39 is 27.0 Å². The number of halogens is 2. The highest BCUT2D eigenvalue weighted by Gasteiger charge is 2.47.